The highest BCUT2D eigenvalue weighted by Crippen LogP contribution is 2.31. The van der Waals surface area contributed by atoms with Crippen LogP contribution in [0.2, 0.25) is 0 Å². The maximum absolute atomic E-state index is 12.2. The van der Waals surface area contributed by atoms with Gasteiger partial charge in [0.1, 0.15) is 0 Å². The molecule has 6 nitrogen and oxygen atoms in total. The van der Waals surface area contributed by atoms with Crippen molar-refractivity contribution in [2.24, 2.45) is 11.7 Å². The van der Waals surface area contributed by atoms with E-state index in [0.717, 1.165) is 25.7 Å². The Hall–Kier alpha value is -1.14. The molecule has 3 N–H and O–H groups in total. The van der Waals surface area contributed by atoms with Crippen LogP contribution in [-0.4, -0.2) is 55.1 Å². The summed E-state index contributed by atoms with van der Waals surface area (Å²) in [6.45, 7) is 4.85. The molecule has 2 rings (SSSR count). The number of amides is 2. The lowest BCUT2D eigenvalue weighted by Gasteiger charge is -2.37. The van der Waals surface area contributed by atoms with Gasteiger partial charge < -0.3 is 20.7 Å². The van der Waals surface area contributed by atoms with Gasteiger partial charge in [-0.05, 0) is 19.8 Å². The molecule has 2 aliphatic rings. The van der Waals surface area contributed by atoms with Gasteiger partial charge in [0.15, 0.2) is 0 Å². The van der Waals surface area contributed by atoms with Gasteiger partial charge in [0.25, 0.3) is 0 Å². The normalized spacial score (nSPS) is 30.0. The third-order valence-electron chi connectivity index (χ3n) is 4.57. The number of nitrogens with zero attached hydrogens (tertiary/aromatic N) is 1. The molecular weight excluding hydrogens is 270 g/mol. The maximum atomic E-state index is 12.2. The quantitative estimate of drug-likeness (QED) is 0.779. The second-order valence-corrected chi connectivity index (χ2v) is 6.34. The standard InChI is InChI=1S/C15H27N3O3/c1-15(16)6-3-2-4-12(15)14(20)17-7-5-13(19)18-8-10-21-11-9-18/h12H,2-11,16H2,1H3,(H,17,20). The zero-order valence-corrected chi connectivity index (χ0v) is 12.9. The lowest BCUT2D eigenvalue weighted by molar-refractivity contribution is -0.135. The van der Waals surface area contributed by atoms with Gasteiger partial charge in [-0.2, -0.15) is 0 Å². The van der Waals surface area contributed by atoms with E-state index >= 15 is 0 Å². The topological polar surface area (TPSA) is 84.7 Å². The van der Waals surface area contributed by atoms with Gasteiger partial charge in [-0.3, -0.25) is 9.59 Å². The summed E-state index contributed by atoms with van der Waals surface area (Å²) < 4.78 is 5.22. The lowest BCUT2D eigenvalue weighted by Crippen LogP contribution is -2.53. The number of carbonyl (C=O) groups excluding carboxylic acids is 2. The van der Waals surface area contributed by atoms with Crippen molar-refractivity contribution in [1.29, 1.82) is 0 Å². The fourth-order valence-electron chi connectivity index (χ4n) is 3.18. The molecule has 2 atom stereocenters. The number of morpholine rings is 1. The van der Waals surface area contributed by atoms with E-state index in [1.165, 1.54) is 0 Å². The van der Waals surface area contributed by atoms with Crippen LogP contribution in [0.5, 0.6) is 0 Å². The summed E-state index contributed by atoms with van der Waals surface area (Å²) in [5.74, 6) is -0.0584. The summed E-state index contributed by atoms with van der Waals surface area (Å²) >= 11 is 0. The van der Waals surface area contributed by atoms with Gasteiger partial charge in [0.2, 0.25) is 11.8 Å². The lowest BCUT2D eigenvalue weighted by atomic mass is 9.74. The molecule has 2 fully saturated rings. The van der Waals surface area contributed by atoms with Crippen molar-refractivity contribution in [2.75, 3.05) is 32.8 Å². The Labute approximate surface area is 126 Å². The first-order valence-electron chi connectivity index (χ1n) is 7.93. The molecule has 2 amide bonds. The molecule has 0 aromatic rings. The number of hydrogen-bond acceptors (Lipinski definition) is 4. The number of ether oxygens (including phenoxy) is 1. The molecular formula is C15H27N3O3. The van der Waals surface area contributed by atoms with E-state index in [4.69, 9.17) is 10.5 Å². The molecule has 1 heterocycles. The minimum absolute atomic E-state index is 0.00511. The Bertz CT molecular complexity index is 378. The molecule has 6 heteroatoms. The highest BCUT2D eigenvalue weighted by Gasteiger charge is 2.37. The minimum atomic E-state index is -0.420. The Balaban J connectivity index is 1.72. The zero-order chi connectivity index (χ0) is 15.3. The number of nitrogens with one attached hydrogen (secondary N) is 1. The van der Waals surface area contributed by atoms with Crippen molar-refractivity contribution >= 4 is 11.8 Å². The minimum Gasteiger partial charge on any atom is -0.378 e. The molecule has 0 aromatic carbocycles. The molecule has 120 valence electrons. The summed E-state index contributed by atoms with van der Waals surface area (Å²) in [6.07, 6.45) is 4.22. The van der Waals surface area contributed by atoms with E-state index in [1.54, 1.807) is 4.90 Å². The van der Waals surface area contributed by atoms with Crippen LogP contribution >= 0.6 is 0 Å². The van der Waals surface area contributed by atoms with Crippen molar-refractivity contribution < 1.29 is 14.3 Å². The molecule has 1 saturated carbocycles. The van der Waals surface area contributed by atoms with Crippen LogP contribution < -0.4 is 11.1 Å². The number of carbonyl (C=O) groups is 2. The molecule has 0 aromatic heterocycles. The average Bonchev–Trinajstić information content (AvgIpc) is 2.47. The van der Waals surface area contributed by atoms with E-state index in [-0.39, 0.29) is 17.7 Å². The number of hydrogen-bond donors (Lipinski definition) is 2. The van der Waals surface area contributed by atoms with Crippen LogP contribution in [0.4, 0.5) is 0 Å². The Morgan fingerprint density at radius 2 is 2.05 bits per heavy atom. The number of nitrogens with two attached hydrogens (primary N) is 1. The third kappa shape index (κ3) is 4.41. The predicted octanol–water partition coefficient (Wildman–Crippen LogP) is 0.259. The molecule has 21 heavy (non-hydrogen) atoms. The third-order valence-corrected chi connectivity index (χ3v) is 4.57. The molecule has 1 aliphatic heterocycles. The van der Waals surface area contributed by atoms with Gasteiger partial charge in [-0.1, -0.05) is 12.8 Å². The highest BCUT2D eigenvalue weighted by atomic mass is 16.5. The first-order chi connectivity index (χ1) is 10.0. The van der Waals surface area contributed by atoms with E-state index in [9.17, 15) is 9.59 Å². The van der Waals surface area contributed by atoms with Crippen molar-refractivity contribution in [1.82, 2.24) is 10.2 Å². The second-order valence-electron chi connectivity index (χ2n) is 6.34. The zero-order valence-electron chi connectivity index (χ0n) is 12.9. The van der Waals surface area contributed by atoms with Gasteiger partial charge >= 0.3 is 0 Å². The van der Waals surface area contributed by atoms with Crippen LogP contribution in [0.3, 0.4) is 0 Å². The van der Waals surface area contributed by atoms with Gasteiger partial charge in [0, 0.05) is 31.6 Å². The van der Waals surface area contributed by atoms with Crippen LogP contribution in [-0.2, 0) is 14.3 Å². The van der Waals surface area contributed by atoms with Crippen LogP contribution in [0.1, 0.15) is 39.0 Å². The van der Waals surface area contributed by atoms with Gasteiger partial charge in [0.05, 0.1) is 19.1 Å². The van der Waals surface area contributed by atoms with Crippen LogP contribution in [0.15, 0.2) is 0 Å². The molecule has 0 radical (unpaired) electrons. The molecule has 0 spiro atoms. The Morgan fingerprint density at radius 1 is 1.33 bits per heavy atom. The van der Waals surface area contributed by atoms with E-state index in [0.29, 0.717) is 39.3 Å². The molecule has 1 aliphatic carbocycles. The van der Waals surface area contributed by atoms with Crippen LogP contribution in [0, 0.1) is 5.92 Å². The van der Waals surface area contributed by atoms with Crippen molar-refractivity contribution in [2.45, 2.75) is 44.6 Å². The number of rotatable bonds is 4. The van der Waals surface area contributed by atoms with Crippen molar-refractivity contribution in [3.63, 3.8) is 0 Å². The fraction of sp³-hybridized carbons (Fsp3) is 0.867. The summed E-state index contributed by atoms with van der Waals surface area (Å²) in [7, 11) is 0. The summed E-state index contributed by atoms with van der Waals surface area (Å²) in [6, 6.07) is 0. The first kappa shape index (κ1) is 16.2. The average molecular weight is 297 g/mol. The molecule has 2 unspecified atom stereocenters. The van der Waals surface area contributed by atoms with E-state index in [1.807, 2.05) is 6.92 Å². The smallest absolute Gasteiger partial charge is 0.224 e. The van der Waals surface area contributed by atoms with E-state index < -0.39 is 5.54 Å². The second kappa shape index (κ2) is 7.22. The monoisotopic (exact) mass is 297 g/mol. The highest BCUT2D eigenvalue weighted by molar-refractivity contribution is 5.81. The van der Waals surface area contributed by atoms with Crippen molar-refractivity contribution in [3.8, 4) is 0 Å². The SMILES string of the molecule is CC1(N)CCCCC1C(=O)NCCC(=O)N1CCOCC1. The van der Waals surface area contributed by atoms with E-state index in [2.05, 4.69) is 5.32 Å². The molecule has 1 saturated heterocycles. The van der Waals surface area contributed by atoms with Gasteiger partial charge in [-0.15, -0.1) is 0 Å². The predicted molar refractivity (Wildman–Crippen MR) is 79.6 cm³/mol. The summed E-state index contributed by atoms with van der Waals surface area (Å²) in [5.41, 5.74) is 5.80. The Kier molecular flexibility index (Phi) is 5.58. The Morgan fingerprint density at radius 3 is 2.71 bits per heavy atom. The summed E-state index contributed by atoms with van der Waals surface area (Å²) in [4.78, 5) is 26.0. The first-order valence-corrected chi connectivity index (χ1v) is 7.93. The maximum Gasteiger partial charge on any atom is 0.224 e. The van der Waals surface area contributed by atoms with Crippen molar-refractivity contribution in [3.05, 3.63) is 0 Å². The van der Waals surface area contributed by atoms with Crippen LogP contribution in [0.25, 0.3) is 0 Å². The summed E-state index contributed by atoms with van der Waals surface area (Å²) in [5, 5.41) is 2.88. The fourth-order valence-corrected chi connectivity index (χ4v) is 3.18. The largest absolute Gasteiger partial charge is 0.378 e. The van der Waals surface area contributed by atoms with Gasteiger partial charge in [-0.25, -0.2) is 0 Å². The molecule has 0 bridgehead atoms.